The van der Waals surface area contributed by atoms with Crippen LogP contribution in [0.3, 0.4) is 0 Å². The maximum absolute atomic E-state index is 11.7. The number of rotatable bonds is 3. The number of carbonyl (C=O) groups is 1. The van der Waals surface area contributed by atoms with Gasteiger partial charge in [-0.2, -0.15) is 0 Å². The predicted octanol–water partition coefficient (Wildman–Crippen LogP) is 1.30. The van der Waals surface area contributed by atoms with Crippen LogP contribution < -0.4 is 5.32 Å². The molecule has 0 aliphatic carbocycles. The molecule has 1 amide bonds. The van der Waals surface area contributed by atoms with E-state index in [9.17, 15) is 4.79 Å². The van der Waals surface area contributed by atoms with Gasteiger partial charge in [0.05, 0.1) is 6.61 Å². The van der Waals surface area contributed by atoms with E-state index < -0.39 is 0 Å². The molecular weight excluding hydrogens is 206 g/mol. The van der Waals surface area contributed by atoms with Gasteiger partial charge in [0.1, 0.15) is 6.10 Å². The zero-order valence-electron chi connectivity index (χ0n) is 8.98. The second kappa shape index (κ2) is 5.09. The number of aliphatic hydroxyl groups is 1. The highest BCUT2D eigenvalue weighted by molar-refractivity contribution is 5.94. The molecule has 1 heterocycles. The fourth-order valence-corrected chi connectivity index (χ4v) is 1.70. The van der Waals surface area contributed by atoms with E-state index in [2.05, 4.69) is 5.32 Å². The van der Waals surface area contributed by atoms with E-state index in [0.717, 1.165) is 24.1 Å². The van der Waals surface area contributed by atoms with Crippen molar-refractivity contribution in [1.29, 1.82) is 0 Å². The molecule has 0 radical (unpaired) electrons. The molecule has 4 heteroatoms. The minimum absolute atomic E-state index is 0.0139. The quantitative estimate of drug-likeness (QED) is 0.808. The van der Waals surface area contributed by atoms with Gasteiger partial charge in [-0.1, -0.05) is 12.1 Å². The summed E-state index contributed by atoms with van der Waals surface area (Å²) in [5.41, 5.74) is 1.56. The van der Waals surface area contributed by atoms with E-state index in [1.807, 2.05) is 0 Å². The van der Waals surface area contributed by atoms with Gasteiger partial charge in [0.15, 0.2) is 0 Å². The van der Waals surface area contributed by atoms with Crippen LogP contribution in [0.15, 0.2) is 24.3 Å². The number of benzene rings is 1. The Labute approximate surface area is 94.2 Å². The number of ether oxygens (including phenoxy) is 1. The Balaban J connectivity index is 1.94. The van der Waals surface area contributed by atoms with Gasteiger partial charge in [-0.15, -0.1) is 0 Å². The van der Waals surface area contributed by atoms with Gasteiger partial charge in [-0.05, 0) is 30.5 Å². The summed E-state index contributed by atoms with van der Waals surface area (Å²) in [6, 6.07) is 7.12. The van der Waals surface area contributed by atoms with Crippen LogP contribution in [0.2, 0.25) is 0 Å². The van der Waals surface area contributed by atoms with Crippen LogP contribution in [0.5, 0.6) is 0 Å². The standard InChI is InChI=1S/C12H15NO3/c14-8-9-3-5-10(6-4-9)13-12(15)11-2-1-7-16-11/h3-6,11,14H,1-2,7-8H2,(H,13,15)/t11-/m1/s1. The number of anilines is 1. The molecule has 1 saturated heterocycles. The van der Waals surface area contributed by atoms with Crippen molar-refractivity contribution >= 4 is 11.6 Å². The Morgan fingerprint density at radius 1 is 1.44 bits per heavy atom. The van der Waals surface area contributed by atoms with Crippen LogP contribution in [0.1, 0.15) is 18.4 Å². The van der Waals surface area contributed by atoms with Crippen LogP contribution in [0.4, 0.5) is 5.69 Å². The second-order valence-corrected chi connectivity index (χ2v) is 3.85. The SMILES string of the molecule is O=C(Nc1ccc(CO)cc1)[C@H]1CCCO1. The molecule has 1 aromatic rings. The average Bonchev–Trinajstić information content (AvgIpc) is 2.83. The van der Waals surface area contributed by atoms with Gasteiger partial charge in [0.2, 0.25) is 0 Å². The number of hydrogen-bond donors (Lipinski definition) is 2. The van der Waals surface area contributed by atoms with Gasteiger partial charge >= 0.3 is 0 Å². The first-order valence-corrected chi connectivity index (χ1v) is 5.42. The Bertz CT molecular complexity index is 355. The second-order valence-electron chi connectivity index (χ2n) is 3.85. The molecule has 4 nitrogen and oxygen atoms in total. The highest BCUT2D eigenvalue weighted by atomic mass is 16.5. The Kier molecular flexibility index (Phi) is 3.54. The smallest absolute Gasteiger partial charge is 0.253 e. The van der Waals surface area contributed by atoms with Gasteiger partial charge in [-0.3, -0.25) is 4.79 Å². The lowest BCUT2D eigenvalue weighted by Gasteiger charge is -2.10. The lowest BCUT2D eigenvalue weighted by molar-refractivity contribution is -0.124. The summed E-state index contributed by atoms with van der Waals surface area (Å²) < 4.78 is 5.28. The van der Waals surface area contributed by atoms with Crippen LogP contribution in [-0.4, -0.2) is 23.7 Å². The van der Waals surface area contributed by atoms with Crippen molar-refractivity contribution in [3.8, 4) is 0 Å². The van der Waals surface area contributed by atoms with E-state index in [1.54, 1.807) is 24.3 Å². The van der Waals surface area contributed by atoms with Gasteiger partial charge in [-0.25, -0.2) is 0 Å². The predicted molar refractivity (Wildman–Crippen MR) is 60.0 cm³/mol. The molecule has 1 atom stereocenters. The summed E-state index contributed by atoms with van der Waals surface area (Å²) >= 11 is 0. The molecule has 0 unspecified atom stereocenters. The molecule has 86 valence electrons. The van der Waals surface area contributed by atoms with E-state index in [0.29, 0.717) is 6.61 Å². The number of hydrogen-bond acceptors (Lipinski definition) is 3. The van der Waals surface area contributed by atoms with Gasteiger partial charge in [0.25, 0.3) is 5.91 Å². The molecule has 2 rings (SSSR count). The van der Waals surface area contributed by atoms with Gasteiger partial charge in [0, 0.05) is 12.3 Å². The van der Waals surface area contributed by atoms with Crippen molar-refractivity contribution in [2.75, 3.05) is 11.9 Å². The summed E-state index contributed by atoms with van der Waals surface area (Å²) in [7, 11) is 0. The summed E-state index contributed by atoms with van der Waals surface area (Å²) in [5, 5.41) is 11.7. The molecule has 1 aliphatic heterocycles. The lowest BCUT2D eigenvalue weighted by atomic mass is 10.2. The number of carbonyl (C=O) groups excluding carboxylic acids is 1. The Morgan fingerprint density at radius 3 is 2.75 bits per heavy atom. The third kappa shape index (κ3) is 2.59. The fourth-order valence-electron chi connectivity index (χ4n) is 1.70. The van der Waals surface area contributed by atoms with Crippen molar-refractivity contribution in [2.24, 2.45) is 0 Å². The van der Waals surface area contributed by atoms with E-state index in [1.165, 1.54) is 0 Å². The highest BCUT2D eigenvalue weighted by Gasteiger charge is 2.23. The van der Waals surface area contributed by atoms with E-state index in [4.69, 9.17) is 9.84 Å². The molecule has 0 spiro atoms. The van der Waals surface area contributed by atoms with Crippen LogP contribution in [0, 0.1) is 0 Å². The third-order valence-corrected chi connectivity index (χ3v) is 2.63. The molecule has 1 fully saturated rings. The van der Waals surface area contributed by atoms with Crippen molar-refractivity contribution in [3.63, 3.8) is 0 Å². The molecule has 1 aromatic carbocycles. The zero-order valence-corrected chi connectivity index (χ0v) is 8.98. The maximum Gasteiger partial charge on any atom is 0.253 e. The largest absolute Gasteiger partial charge is 0.392 e. The minimum atomic E-state index is -0.308. The summed E-state index contributed by atoms with van der Waals surface area (Å²) in [6.45, 7) is 0.682. The zero-order chi connectivity index (χ0) is 11.4. The minimum Gasteiger partial charge on any atom is -0.392 e. The van der Waals surface area contributed by atoms with Crippen LogP contribution in [-0.2, 0) is 16.1 Å². The Hall–Kier alpha value is -1.39. The first kappa shape index (κ1) is 11.1. The normalized spacial score (nSPS) is 19.7. The molecule has 16 heavy (non-hydrogen) atoms. The Morgan fingerprint density at radius 2 is 2.19 bits per heavy atom. The molecule has 0 aromatic heterocycles. The van der Waals surface area contributed by atoms with Crippen molar-refractivity contribution < 1.29 is 14.6 Å². The van der Waals surface area contributed by atoms with Crippen molar-refractivity contribution in [1.82, 2.24) is 0 Å². The summed E-state index contributed by atoms with van der Waals surface area (Å²) in [5.74, 6) is -0.0887. The van der Waals surface area contributed by atoms with Crippen molar-refractivity contribution in [3.05, 3.63) is 29.8 Å². The third-order valence-electron chi connectivity index (χ3n) is 2.63. The topological polar surface area (TPSA) is 58.6 Å². The highest BCUT2D eigenvalue weighted by Crippen LogP contribution is 2.15. The van der Waals surface area contributed by atoms with E-state index >= 15 is 0 Å². The monoisotopic (exact) mass is 221 g/mol. The fraction of sp³-hybridized carbons (Fsp3) is 0.417. The molecule has 0 saturated carbocycles. The summed E-state index contributed by atoms with van der Waals surface area (Å²) in [6.07, 6.45) is 1.43. The number of nitrogens with one attached hydrogen (secondary N) is 1. The van der Waals surface area contributed by atoms with E-state index in [-0.39, 0.29) is 18.6 Å². The maximum atomic E-state index is 11.7. The number of amides is 1. The molecule has 2 N–H and O–H groups in total. The first-order valence-electron chi connectivity index (χ1n) is 5.42. The molecule has 0 bridgehead atoms. The van der Waals surface area contributed by atoms with Gasteiger partial charge < -0.3 is 15.2 Å². The lowest BCUT2D eigenvalue weighted by Crippen LogP contribution is -2.26. The molecular formula is C12H15NO3. The summed E-state index contributed by atoms with van der Waals surface area (Å²) in [4.78, 5) is 11.7. The van der Waals surface area contributed by atoms with Crippen LogP contribution >= 0.6 is 0 Å². The number of aliphatic hydroxyl groups excluding tert-OH is 1. The van der Waals surface area contributed by atoms with Crippen LogP contribution in [0.25, 0.3) is 0 Å². The molecule has 1 aliphatic rings. The van der Waals surface area contributed by atoms with Crippen molar-refractivity contribution in [2.45, 2.75) is 25.6 Å². The average molecular weight is 221 g/mol. The first-order chi connectivity index (χ1) is 7.79.